The van der Waals surface area contributed by atoms with Crippen LogP contribution in [0.2, 0.25) is 0 Å². The Hall–Kier alpha value is -2.08. The van der Waals surface area contributed by atoms with Crippen LogP contribution in [-0.4, -0.2) is 46.0 Å². The van der Waals surface area contributed by atoms with Crippen molar-refractivity contribution >= 4 is 5.95 Å². The molecule has 0 saturated carbocycles. The lowest BCUT2D eigenvalue weighted by molar-refractivity contribution is 0.0981. The van der Waals surface area contributed by atoms with Crippen LogP contribution >= 0.6 is 0 Å². The third-order valence-electron chi connectivity index (χ3n) is 5.18. The molecule has 24 heavy (non-hydrogen) atoms. The lowest BCUT2D eigenvalue weighted by atomic mass is 9.79. The molecule has 126 valence electrons. The number of halogens is 1. The predicted octanol–water partition coefficient (Wildman–Crippen LogP) is 2.50. The fourth-order valence-corrected chi connectivity index (χ4v) is 4.07. The standard InChI is InChI=1S/C18H22FN5/c19-15-10-21-17(22-11-15)24-9-6-18(14-24)5-3-8-23(13-18)12-16-4-1-2-7-20-16/h1-2,4,7,10-11H,3,5-6,8-9,12-14H2/t18-/m1/s1. The van der Waals surface area contributed by atoms with E-state index in [2.05, 4.69) is 30.8 Å². The van der Waals surface area contributed by atoms with Crippen LogP contribution in [0.5, 0.6) is 0 Å². The molecule has 2 aliphatic rings. The number of hydrogen-bond donors (Lipinski definition) is 0. The van der Waals surface area contributed by atoms with Crippen molar-refractivity contribution in [1.82, 2.24) is 19.9 Å². The highest BCUT2D eigenvalue weighted by Crippen LogP contribution is 2.40. The SMILES string of the molecule is Fc1cnc(N2CC[C@@]3(CCCN(Cc4ccccn4)C3)C2)nc1. The molecule has 2 aromatic rings. The lowest BCUT2D eigenvalue weighted by Gasteiger charge is -2.40. The van der Waals surface area contributed by atoms with Crippen LogP contribution in [0.4, 0.5) is 10.3 Å². The number of pyridine rings is 1. The van der Waals surface area contributed by atoms with Crippen LogP contribution in [0.15, 0.2) is 36.8 Å². The van der Waals surface area contributed by atoms with E-state index < -0.39 is 0 Å². The van der Waals surface area contributed by atoms with E-state index in [-0.39, 0.29) is 5.82 Å². The summed E-state index contributed by atoms with van der Waals surface area (Å²) in [5.41, 5.74) is 1.43. The minimum Gasteiger partial charge on any atom is -0.340 e. The Morgan fingerprint density at radius 3 is 2.71 bits per heavy atom. The normalized spacial score (nSPS) is 24.6. The van der Waals surface area contributed by atoms with Gasteiger partial charge in [-0.1, -0.05) is 6.07 Å². The van der Waals surface area contributed by atoms with E-state index in [4.69, 9.17) is 0 Å². The lowest BCUT2D eigenvalue weighted by Crippen LogP contribution is -2.44. The first kappa shape index (κ1) is 15.4. The number of nitrogens with zero attached hydrogens (tertiary/aromatic N) is 5. The van der Waals surface area contributed by atoms with Crippen LogP contribution in [-0.2, 0) is 6.54 Å². The second-order valence-electron chi connectivity index (χ2n) is 7.01. The van der Waals surface area contributed by atoms with Crippen molar-refractivity contribution in [2.75, 3.05) is 31.1 Å². The van der Waals surface area contributed by atoms with Gasteiger partial charge in [0.2, 0.25) is 5.95 Å². The van der Waals surface area contributed by atoms with Gasteiger partial charge in [-0.3, -0.25) is 9.88 Å². The predicted molar refractivity (Wildman–Crippen MR) is 90.0 cm³/mol. The molecular weight excluding hydrogens is 305 g/mol. The van der Waals surface area contributed by atoms with E-state index in [1.54, 1.807) is 0 Å². The highest BCUT2D eigenvalue weighted by Gasteiger charge is 2.42. The summed E-state index contributed by atoms with van der Waals surface area (Å²) in [5, 5.41) is 0. The van der Waals surface area contributed by atoms with E-state index in [0.717, 1.165) is 44.8 Å². The Bertz CT molecular complexity index is 678. The minimum absolute atomic E-state index is 0.296. The first-order valence-electron chi connectivity index (χ1n) is 8.57. The quantitative estimate of drug-likeness (QED) is 0.867. The highest BCUT2D eigenvalue weighted by molar-refractivity contribution is 5.32. The van der Waals surface area contributed by atoms with Gasteiger partial charge in [0.15, 0.2) is 5.82 Å². The topological polar surface area (TPSA) is 45.2 Å². The van der Waals surface area contributed by atoms with Crippen molar-refractivity contribution in [3.05, 3.63) is 48.3 Å². The summed E-state index contributed by atoms with van der Waals surface area (Å²) >= 11 is 0. The molecule has 6 heteroatoms. The molecule has 0 N–H and O–H groups in total. The molecule has 5 nitrogen and oxygen atoms in total. The average molecular weight is 327 g/mol. The second kappa shape index (κ2) is 6.43. The summed E-state index contributed by atoms with van der Waals surface area (Å²) in [6, 6.07) is 6.10. The van der Waals surface area contributed by atoms with Crippen LogP contribution in [0.25, 0.3) is 0 Å². The maximum atomic E-state index is 13.0. The van der Waals surface area contributed by atoms with Gasteiger partial charge in [0, 0.05) is 37.8 Å². The Kier molecular flexibility index (Phi) is 4.14. The summed E-state index contributed by atoms with van der Waals surface area (Å²) < 4.78 is 13.0. The van der Waals surface area contributed by atoms with Crippen molar-refractivity contribution in [3.63, 3.8) is 0 Å². The number of anilines is 1. The van der Waals surface area contributed by atoms with Gasteiger partial charge in [-0.25, -0.2) is 14.4 Å². The molecule has 4 rings (SSSR count). The Morgan fingerprint density at radius 1 is 1.04 bits per heavy atom. The Labute approximate surface area is 141 Å². The number of piperidine rings is 1. The van der Waals surface area contributed by atoms with Crippen molar-refractivity contribution in [1.29, 1.82) is 0 Å². The highest BCUT2D eigenvalue weighted by atomic mass is 19.1. The van der Waals surface area contributed by atoms with E-state index in [9.17, 15) is 4.39 Å². The maximum Gasteiger partial charge on any atom is 0.225 e. The van der Waals surface area contributed by atoms with Crippen LogP contribution in [0.3, 0.4) is 0 Å². The molecule has 0 aliphatic carbocycles. The third-order valence-corrected chi connectivity index (χ3v) is 5.18. The molecule has 1 spiro atoms. The monoisotopic (exact) mass is 327 g/mol. The Morgan fingerprint density at radius 2 is 1.92 bits per heavy atom. The van der Waals surface area contributed by atoms with E-state index in [1.807, 2.05) is 18.3 Å². The van der Waals surface area contributed by atoms with Crippen molar-refractivity contribution in [2.45, 2.75) is 25.8 Å². The first-order chi connectivity index (χ1) is 11.7. The molecule has 0 radical (unpaired) electrons. The summed E-state index contributed by atoms with van der Waals surface area (Å²) in [5.74, 6) is 0.266. The molecule has 0 bridgehead atoms. The smallest absolute Gasteiger partial charge is 0.225 e. The van der Waals surface area contributed by atoms with Crippen molar-refractivity contribution in [2.24, 2.45) is 5.41 Å². The molecule has 1 atom stereocenters. The largest absolute Gasteiger partial charge is 0.340 e. The molecule has 2 saturated heterocycles. The number of hydrogen-bond acceptors (Lipinski definition) is 5. The van der Waals surface area contributed by atoms with Gasteiger partial charge in [0.1, 0.15) is 0 Å². The number of aromatic nitrogens is 3. The van der Waals surface area contributed by atoms with Gasteiger partial charge >= 0.3 is 0 Å². The van der Waals surface area contributed by atoms with Gasteiger partial charge in [0.25, 0.3) is 0 Å². The molecule has 2 aliphatic heterocycles. The fraction of sp³-hybridized carbons (Fsp3) is 0.500. The molecule has 0 unspecified atom stereocenters. The van der Waals surface area contributed by atoms with Crippen LogP contribution < -0.4 is 4.90 Å². The first-order valence-corrected chi connectivity index (χ1v) is 8.57. The Balaban J connectivity index is 1.43. The maximum absolute atomic E-state index is 13.0. The average Bonchev–Trinajstić information content (AvgIpc) is 3.00. The number of likely N-dealkylation sites (tertiary alicyclic amines) is 1. The molecule has 4 heterocycles. The molecule has 2 aromatic heterocycles. The van der Waals surface area contributed by atoms with Crippen LogP contribution in [0, 0.1) is 11.2 Å². The third kappa shape index (κ3) is 3.24. The fourth-order valence-electron chi connectivity index (χ4n) is 4.07. The van der Waals surface area contributed by atoms with E-state index in [1.165, 1.54) is 25.2 Å². The zero-order valence-corrected chi connectivity index (χ0v) is 13.7. The zero-order valence-electron chi connectivity index (χ0n) is 13.7. The summed E-state index contributed by atoms with van der Waals surface area (Å²) in [7, 11) is 0. The van der Waals surface area contributed by atoms with Crippen LogP contribution in [0.1, 0.15) is 25.0 Å². The van der Waals surface area contributed by atoms with Gasteiger partial charge < -0.3 is 4.90 Å². The second-order valence-corrected chi connectivity index (χ2v) is 7.01. The zero-order chi connectivity index (χ0) is 16.4. The molecule has 2 fully saturated rings. The van der Waals surface area contributed by atoms with E-state index in [0.29, 0.717) is 11.4 Å². The van der Waals surface area contributed by atoms with Gasteiger partial charge in [-0.2, -0.15) is 0 Å². The summed E-state index contributed by atoms with van der Waals surface area (Å²) in [6.07, 6.45) is 7.96. The molecule has 0 amide bonds. The van der Waals surface area contributed by atoms with Crippen molar-refractivity contribution in [3.8, 4) is 0 Å². The van der Waals surface area contributed by atoms with Gasteiger partial charge in [-0.15, -0.1) is 0 Å². The van der Waals surface area contributed by atoms with Gasteiger partial charge in [0.05, 0.1) is 18.1 Å². The minimum atomic E-state index is -0.383. The van der Waals surface area contributed by atoms with Gasteiger partial charge in [-0.05, 0) is 37.9 Å². The summed E-state index contributed by atoms with van der Waals surface area (Å²) in [6.45, 7) is 5.03. The summed E-state index contributed by atoms with van der Waals surface area (Å²) in [4.78, 5) is 17.4. The van der Waals surface area contributed by atoms with E-state index >= 15 is 0 Å². The van der Waals surface area contributed by atoms with Crippen molar-refractivity contribution < 1.29 is 4.39 Å². The molecule has 0 aromatic carbocycles. The molecular formula is C18H22FN5. The number of rotatable bonds is 3.